The third-order valence-corrected chi connectivity index (χ3v) is 5.14. The van der Waals surface area contributed by atoms with E-state index in [0.717, 1.165) is 16.8 Å². The molecule has 4 aromatic rings. The quantitative estimate of drug-likeness (QED) is 0.338. The molecule has 0 aliphatic rings. The van der Waals surface area contributed by atoms with Crippen molar-refractivity contribution in [2.45, 2.75) is 6.54 Å². The van der Waals surface area contributed by atoms with E-state index < -0.39 is 0 Å². The lowest BCUT2D eigenvalue weighted by Gasteiger charge is -2.18. The van der Waals surface area contributed by atoms with E-state index in [-0.39, 0.29) is 0 Å². The van der Waals surface area contributed by atoms with Crippen molar-refractivity contribution in [2.24, 2.45) is 7.05 Å². The van der Waals surface area contributed by atoms with Crippen molar-refractivity contribution >= 4 is 11.4 Å². The summed E-state index contributed by atoms with van der Waals surface area (Å²) in [4.78, 5) is 2.17. The van der Waals surface area contributed by atoms with Crippen LogP contribution in [0.2, 0.25) is 0 Å². The minimum Gasteiger partial charge on any atom is -0.345 e. The fraction of sp³-hybridized carbons (Fsp3) is 0.111. The van der Waals surface area contributed by atoms with Crippen LogP contribution >= 0.6 is 0 Å². The molecular weight excluding hydrogens is 394 g/mol. The Morgan fingerprint density at radius 3 is 1.81 bits per heavy atom. The van der Waals surface area contributed by atoms with E-state index in [1.165, 1.54) is 11.4 Å². The van der Waals surface area contributed by atoms with Crippen LogP contribution in [0.4, 0.5) is 11.4 Å². The van der Waals surface area contributed by atoms with Crippen LogP contribution in [0.25, 0.3) is 11.3 Å². The number of nitriles is 2. The van der Waals surface area contributed by atoms with Crippen LogP contribution in [0.1, 0.15) is 11.3 Å². The molecule has 158 valence electrons. The summed E-state index contributed by atoms with van der Waals surface area (Å²) in [7, 11) is 3.95. The van der Waals surface area contributed by atoms with Crippen molar-refractivity contribution < 1.29 is 0 Å². The fourth-order valence-corrected chi connectivity index (χ4v) is 3.30. The summed E-state index contributed by atoms with van der Waals surface area (Å²) in [5.41, 5.74) is 6.17. The number of anilines is 2. The predicted octanol–water partition coefficient (Wildman–Crippen LogP) is 5.59. The summed E-state index contributed by atoms with van der Waals surface area (Å²) >= 11 is 0. The van der Waals surface area contributed by atoms with Crippen molar-refractivity contribution in [3.8, 4) is 23.5 Å². The number of aromatic nitrogens is 1. The average Bonchev–Trinajstić information content (AvgIpc) is 3.24. The Labute approximate surface area is 189 Å². The molecule has 0 aliphatic heterocycles. The van der Waals surface area contributed by atoms with Crippen LogP contribution in [0.5, 0.6) is 0 Å². The van der Waals surface area contributed by atoms with Gasteiger partial charge in [-0.2, -0.15) is 10.5 Å². The Morgan fingerprint density at radius 1 is 0.781 bits per heavy atom. The zero-order chi connectivity index (χ0) is 22.8. The Kier molecular flexibility index (Phi) is 7.68. The van der Waals surface area contributed by atoms with Gasteiger partial charge in [-0.05, 0) is 47.5 Å². The highest BCUT2D eigenvalue weighted by Crippen LogP contribution is 2.22. The Balaban J connectivity index is 0.000000186. The maximum Gasteiger partial charge on any atom is 0.176 e. The van der Waals surface area contributed by atoms with E-state index in [1.807, 2.05) is 60.3 Å². The zero-order valence-corrected chi connectivity index (χ0v) is 18.2. The van der Waals surface area contributed by atoms with Crippen LogP contribution in [0.3, 0.4) is 0 Å². The van der Waals surface area contributed by atoms with E-state index in [9.17, 15) is 0 Å². The number of nitrogens with one attached hydrogen (secondary N) is 1. The molecule has 1 N–H and O–H groups in total. The molecule has 5 heteroatoms. The molecule has 0 saturated heterocycles. The first kappa shape index (κ1) is 22.2. The summed E-state index contributed by atoms with van der Waals surface area (Å²) < 4.78 is 1.86. The number of benzene rings is 3. The number of para-hydroxylation sites is 2. The maximum atomic E-state index is 8.91. The zero-order valence-electron chi connectivity index (χ0n) is 18.2. The third kappa shape index (κ3) is 5.56. The lowest BCUT2D eigenvalue weighted by molar-refractivity contribution is 0.883. The van der Waals surface area contributed by atoms with Crippen LogP contribution < -0.4 is 10.2 Å². The average molecular weight is 420 g/mol. The number of hydrogen-bond donors (Lipinski definition) is 1. The Hall–Kier alpha value is -4.48. The van der Waals surface area contributed by atoms with Crippen molar-refractivity contribution in [1.82, 2.24) is 9.88 Å². The molecule has 1 heterocycles. The minimum atomic E-state index is 0.535. The first-order valence-corrected chi connectivity index (χ1v) is 10.2. The molecule has 1 aromatic heterocycles. The molecule has 0 radical (unpaired) electrons. The molecule has 0 spiro atoms. The van der Waals surface area contributed by atoms with Gasteiger partial charge in [-0.3, -0.25) is 0 Å². The molecule has 0 atom stereocenters. The van der Waals surface area contributed by atoms with Gasteiger partial charge in [-0.25, -0.2) is 0 Å². The first-order valence-electron chi connectivity index (χ1n) is 10.2. The highest BCUT2D eigenvalue weighted by Gasteiger charge is 2.06. The second kappa shape index (κ2) is 11.1. The van der Waals surface area contributed by atoms with Gasteiger partial charge in [-0.1, -0.05) is 60.7 Å². The molecule has 5 nitrogen and oxygen atoms in total. The molecule has 0 unspecified atom stereocenters. The Bertz CT molecular complexity index is 1160. The van der Waals surface area contributed by atoms with Gasteiger partial charge in [-0.15, -0.1) is 0 Å². The molecule has 0 amide bonds. The molecule has 0 bridgehead atoms. The van der Waals surface area contributed by atoms with Gasteiger partial charge in [0.05, 0.1) is 0 Å². The topological polar surface area (TPSA) is 67.8 Å². The van der Waals surface area contributed by atoms with E-state index in [4.69, 9.17) is 10.5 Å². The second-order valence-electron chi connectivity index (χ2n) is 7.17. The molecule has 0 fully saturated rings. The van der Waals surface area contributed by atoms with Gasteiger partial charge in [0.15, 0.2) is 6.19 Å². The summed E-state index contributed by atoms with van der Waals surface area (Å²) in [6, 6.07) is 34.5. The molecule has 0 saturated carbocycles. The predicted molar refractivity (Wildman–Crippen MR) is 129 cm³/mol. The van der Waals surface area contributed by atoms with Gasteiger partial charge in [0.2, 0.25) is 0 Å². The maximum absolute atomic E-state index is 8.91. The summed E-state index contributed by atoms with van der Waals surface area (Å²) in [5.74, 6) is 0. The normalized spacial score (nSPS) is 9.62. The SMILES string of the molecule is CN(c1ccccc1)c1ccccc1.Cn1c(C#N)ccc1-c1ccc(CNC#N)cc1. The monoisotopic (exact) mass is 419 g/mol. The van der Waals surface area contributed by atoms with E-state index >= 15 is 0 Å². The van der Waals surface area contributed by atoms with Gasteiger partial charge < -0.3 is 14.8 Å². The van der Waals surface area contributed by atoms with Crippen molar-refractivity contribution in [3.63, 3.8) is 0 Å². The van der Waals surface area contributed by atoms with Crippen LogP contribution in [0, 0.1) is 22.8 Å². The lowest BCUT2D eigenvalue weighted by atomic mass is 10.1. The second-order valence-corrected chi connectivity index (χ2v) is 7.17. The van der Waals surface area contributed by atoms with Crippen LogP contribution in [-0.2, 0) is 13.6 Å². The van der Waals surface area contributed by atoms with Crippen molar-refractivity contribution in [1.29, 1.82) is 10.5 Å². The summed E-state index contributed by atoms with van der Waals surface area (Å²) in [5, 5.41) is 19.9. The minimum absolute atomic E-state index is 0.535. The Morgan fingerprint density at radius 2 is 1.34 bits per heavy atom. The van der Waals surface area contributed by atoms with E-state index in [1.54, 1.807) is 6.07 Å². The molecule has 3 aromatic carbocycles. The van der Waals surface area contributed by atoms with Gasteiger partial charge in [0.25, 0.3) is 0 Å². The third-order valence-electron chi connectivity index (χ3n) is 5.14. The highest BCUT2D eigenvalue weighted by atomic mass is 15.1. The highest BCUT2D eigenvalue weighted by molar-refractivity contribution is 5.62. The molecule has 4 rings (SSSR count). The smallest absolute Gasteiger partial charge is 0.176 e. The molecular formula is C27H25N5. The lowest BCUT2D eigenvalue weighted by Crippen LogP contribution is -2.08. The van der Waals surface area contributed by atoms with Crippen molar-refractivity contribution in [2.75, 3.05) is 11.9 Å². The van der Waals surface area contributed by atoms with Crippen molar-refractivity contribution in [3.05, 3.63) is 108 Å². The standard InChI is InChI=1S/C14H12N4.C13H13N/c1-18-13(8-15)6-7-14(18)12-4-2-11(3-5-12)9-17-10-16;1-14(12-8-4-2-5-9-12)13-10-6-3-7-11-13/h2-7,17H,9H2,1H3;2-11H,1H3. The van der Waals surface area contributed by atoms with Gasteiger partial charge in [0.1, 0.15) is 11.8 Å². The molecule has 0 aliphatic carbocycles. The van der Waals surface area contributed by atoms with Gasteiger partial charge in [0, 0.05) is 37.7 Å². The number of rotatable bonds is 5. The molecule has 32 heavy (non-hydrogen) atoms. The van der Waals surface area contributed by atoms with E-state index in [0.29, 0.717) is 12.2 Å². The summed E-state index contributed by atoms with van der Waals surface area (Å²) in [6.07, 6.45) is 1.89. The largest absolute Gasteiger partial charge is 0.345 e. The number of nitrogens with zero attached hydrogens (tertiary/aromatic N) is 4. The van der Waals surface area contributed by atoms with Crippen LogP contribution in [-0.4, -0.2) is 11.6 Å². The summed E-state index contributed by atoms with van der Waals surface area (Å²) in [6.45, 7) is 0.535. The fourth-order valence-electron chi connectivity index (χ4n) is 3.30. The van der Waals surface area contributed by atoms with E-state index in [2.05, 4.69) is 71.9 Å². The van der Waals surface area contributed by atoms with Crippen LogP contribution in [0.15, 0.2) is 97.1 Å². The first-order chi connectivity index (χ1) is 15.6. The van der Waals surface area contributed by atoms with Gasteiger partial charge >= 0.3 is 0 Å². The number of hydrogen-bond acceptors (Lipinski definition) is 4.